The van der Waals surface area contributed by atoms with Crippen LogP contribution in [0.3, 0.4) is 0 Å². The average Bonchev–Trinajstić information content (AvgIpc) is 2.93. The minimum atomic E-state index is 0.275. The van der Waals surface area contributed by atoms with Gasteiger partial charge in [0.1, 0.15) is 11.4 Å². The Balaban J connectivity index is 2.23. The predicted octanol–water partition coefficient (Wildman–Crippen LogP) is 2.41. The van der Waals surface area contributed by atoms with Crippen LogP contribution in [0.15, 0.2) is 54.9 Å². The maximum absolute atomic E-state index is 9.87. The van der Waals surface area contributed by atoms with Gasteiger partial charge in [0.05, 0.1) is 0 Å². The minimum absolute atomic E-state index is 0.275. The summed E-state index contributed by atoms with van der Waals surface area (Å²) < 4.78 is 3.82. The molecule has 0 bridgehead atoms. The first-order valence-electron chi connectivity index (χ1n) is 5.47. The average molecular weight is 227 g/mol. The highest BCUT2D eigenvalue weighted by Gasteiger charge is 2.13. The Morgan fingerprint density at radius 1 is 0.941 bits per heavy atom. The highest BCUT2D eigenvalue weighted by molar-refractivity contribution is 5.47. The van der Waals surface area contributed by atoms with E-state index >= 15 is 0 Å². The summed E-state index contributed by atoms with van der Waals surface area (Å²) in [5.41, 5.74) is 1.90. The fourth-order valence-electron chi connectivity index (χ4n) is 1.81. The number of fused-ring (bicyclic) bond motifs is 1. The van der Waals surface area contributed by atoms with Crippen LogP contribution < -0.4 is 0 Å². The fourth-order valence-corrected chi connectivity index (χ4v) is 1.81. The van der Waals surface area contributed by atoms with Crippen LogP contribution in [0.1, 0.15) is 5.56 Å². The number of benzene rings is 1. The molecule has 0 aliphatic heterocycles. The molecule has 4 nitrogen and oxygen atoms in total. The van der Waals surface area contributed by atoms with Crippen molar-refractivity contribution in [3.63, 3.8) is 0 Å². The number of aromatic nitrogens is 3. The lowest BCUT2D eigenvalue weighted by atomic mass is 10.2. The Hall–Kier alpha value is -2.36. The van der Waals surface area contributed by atoms with E-state index in [0.717, 1.165) is 11.3 Å². The molecule has 0 saturated heterocycles. The van der Waals surface area contributed by atoms with Crippen LogP contribution in [0.4, 0.5) is 0 Å². The summed E-state index contributed by atoms with van der Waals surface area (Å²) in [6.45, 7) is 2.01. The lowest BCUT2D eigenvalue weighted by Gasteiger charge is -1.99. The Morgan fingerprint density at radius 2 is 1.59 bits per heavy atom. The molecule has 3 aromatic rings. The van der Waals surface area contributed by atoms with Gasteiger partial charge in [0.15, 0.2) is 0 Å². The second-order valence-corrected chi connectivity index (χ2v) is 3.99. The number of hydrogen-bond donors (Lipinski definition) is 1. The van der Waals surface area contributed by atoms with E-state index in [0.29, 0.717) is 0 Å². The molecule has 1 N–H and O–H groups in total. The molecule has 0 radical (unpaired) electrons. The SMILES string of the molecule is Cc1ccc(O)c(-n2n3ccccccn23)c1. The monoisotopic (exact) mass is 227 g/mol. The van der Waals surface area contributed by atoms with Gasteiger partial charge in [-0.1, -0.05) is 18.2 Å². The maximum Gasteiger partial charge on any atom is 0.143 e. The summed E-state index contributed by atoms with van der Waals surface area (Å²) in [6.07, 6.45) is 3.86. The Kier molecular flexibility index (Phi) is 2.08. The summed E-state index contributed by atoms with van der Waals surface area (Å²) in [5.74, 6) is 0.275. The van der Waals surface area contributed by atoms with Gasteiger partial charge in [-0.3, -0.25) is 0 Å². The molecule has 0 amide bonds. The molecule has 0 spiro atoms. The molecule has 2 heterocycles. The highest BCUT2D eigenvalue weighted by Crippen LogP contribution is 2.23. The Morgan fingerprint density at radius 3 is 2.24 bits per heavy atom. The van der Waals surface area contributed by atoms with E-state index in [4.69, 9.17) is 0 Å². The van der Waals surface area contributed by atoms with Crippen molar-refractivity contribution in [2.75, 3.05) is 0 Å². The van der Waals surface area contributed by atoms with Crippen LogP contribution in [0.5, 0.6) is 5.75 Å². The van der Waals surface area contributed by atoms with Crippen LogP contribution >= 0.6 is 0 Å². The van der Waals surface area contributed by atoms with Crippen molar-refractivity contribution in [1.29, 1.82) is 0 Å². The topological polar surface area (TPSA) is 34.0 Å². The molecule has 17 heavy (non-hydrogen) atoms. The van der Waals surface area contributed by atoms with Crippen molar-refractivity contribution >= 4 is 0 Å². The van der Waals surface area contributed by atoms with Crippen molar-refractivity contribution in [2.24, 2.45) is 0 Å². The molecule has 0 aliphatic rings. The Labute approximate surface area is 98.5 Å². The molecule has 0 aliphatic carbocycles. The van der Waals surface area contributed by atoms with E-state index < -0.39 is 0 Å². The number of rotatable bonds is 1. The second-order valence-electron chi connectivity index (χ2n) is 3.99. The lowest BCUT2D eigenvalue weighted by Crippen LogP contribution is -1.88. The number of aryl methyl sites for hydroxylation is 1. The van der Waals surface area contributed by atoms with Gasteiger partial charge in [0, 0.05) is 12.4 Å². The van der Waals surface area contributed by atoms with Gasteiger partial charge in [-0.05, 0) is 36.8 Å². The summed E-state index contributed by atoms with van der Waals surface area (Å²) >= 11 is 0. The third-order valence-electron chi connectivity index (χ3n) is 2.69. The molecular formula is C13H13N3O. The van der Waals surface area contributed by atoms with Crippen molar-refractivity contribution in [2.45, 2.75) is 6.92 Å². The molecule has 0 unspecified atom stereocenters. The van der Waals surface area contributed by atoms with Gasteiger partial charge in [-0.15, -0.1) is 4.80 Å². The van der Waals surface area contributed by atoms with Crippen LogP contribution in [0, 0.1) is 6.92 Å². The first-order chi connectivity index (χ1) is 8.27. The first-order valence-corrected chi connectivity index (χ1v) is 5.47. The summed E-state index contributed by atoms with van der Waals surface area (Å²) in [4.78, 5) is 1.89. The van der Waals surface area contributed by atoms with E-state index in [1.807, 2.05) is 69.8 Å². The van der Waals surface area contributed by atoms with Crippen molar-refractivity contribution in [1.82, 2.24) is 14.1 Å². The van der Waals surface area contributed by atoms with Crippen LogP contribution in [0.2, 0.25) is 0 Å². The molecule has 0 fully saturated rings. The minimum Gasteiger partial charge on any atom is -0.506 e. The first kappa shape index (κ1) is 9.84. The second kappa shape index (κ2) is 3.59. The van der Waals surface area contributed by atoms with E-state index in [1.54, 1.807) is 6.07 Å². The predicted molar refractivity (Wildman–Crippen MR) is 65.4 cm³/mol. The van der Waals surface area contributed by atoms with Gasteiger partial charge in [0.25, 0.3) is 0 Å². The molecule has 0 atom stereocenters. The van der Waals surface area contributed by atoms with Crippen LogP contribution in [-0.2, 0) is 0 Å². The molecule has 86 valence electrons. The zero-order valence-corrected chi connectivity index (χ0v) is 9.49. The number of nitrogens with zero attached hydrogens (tertiary/aromatic N) is 3. The number of phenols is 1. The maximum atomic E-state index is 9.87. The zero-order valence-electron chi connectivity index (χ0n) is 9.49. The zero-order chi connectivity index (χ0) is 11.8. The Bertz CT molecular complexity index is 655. The van der Waals surface area contributed by atoms with Gasteiger partial charge in [-0.2, -0.15) is 9.26 Å². The highest BCUT2D eigenvalue weighted by atomic mass is 16.3. The van der Waals surface area contributed by atoms with Gasteiger partial charge >= 0.3 is 0 Å². The lowest BCUT2D eigenvalue weighted by molar-refractivity contribution is 0.471. The van der Waals surface area contributed by atoms with Crippen molar-refractivity contribution in [3.8, 4) is 11.4 Å². The smallest absolute Gasteiger partial charge is 0.143 e. The van der Waals surface area contributed by atoms with Gasteiger partial charge in [0.2, 0.25) is 0 Å². The quantitative estimate of drug-likeness (QED) is 0.680. The third-order valence-corrected chi connectivity index (χ3v) is 2.69. The molecule has 3 rings (SSSR count). The standard InChI is InChI=1S/C13H13N3O/c1-11-6-7-13(17)12(10-11)16-14-8-4-2-3-5-9-15(14)16/h2-10,17H,1H3. The molecule has 0 saturated carbocycles. The van der Waals surface area contributed by atoms with Gasteiger partial charge < -0.3 is 5.11 Å². The van der Waals surface area contributed by atoms with Crippen LogP contribution in [-0.4, -0.2) is 19.2 Å². The summed E-state index contributed by atoms with van der Waals surface area (Å²) in [6, 6.07) is 13.4. The van der Waals surface area contributed by atoms with Crippen molar-refractivity contribution in [3.05, 3.63) is 60.4 Å². The number of phenolic OH excluding ortho intramolecular Hbond substituents is 1. The molecule has 1 aromatic carbocycles. The van der Waals surface area contributed by atoms with E-state index in [1.165, 1.54) is 0 Å². The molecule has 2 aromatic heterocycles. The third kappa shape index (κ3) is 1.63. The molecular weight excluding hydrogens is 214 g/mol. The summed E-state index contributed by atoms with van der Waals surface area (Å²) in [5, 5.41) is 9.87. The van der Waals surface area contributed by atoms with E-state index in [9.17, 15) is 5.11 Å². The van der Waals surface area contributed by atoms with Crippen LogP contribution in [0.25, 0.3) is 5.69 Å². The fraction of sp³-hybridized carbons (Fsp3) is 0.0769. The largest absolute Gasteiger partial charge is 0.506 e. The summed E-state index contributed by atoms with van der Waals surface area (Å²) in [7, 11) is 0. The normalized spacial score (nSPS) is 10.9. The number of hydrogen-bond acceptors (Lipinski definition) is 1. The van der Waals surface area contributed by atoms with Crippen molar-refractivity contribution < 1.29 is 5.11 Å². The molecule has 4 heteroatoms. The van der Waals surface area contributed by atoms with Gasteiger partial charge in [-0.25, -0.2) is 0 Å². The number of aromatic hydroxyl groups is 1. The van der Waals surface area contributed by atoms with E-state index in [2.05, 4.69) is 0 Å². The van der Waals surface area contributed by atoms with E-state index in [-0.39, 0.29) is 5.75 Å².